The van der Waals surface area contributed by atoms with Gasteiger partial charge in [-0.3, -0.25) is 9.59 Å². The van der Waals surface area contributed by atoms with Gasteiger partial charge >= 0.3 is 0 Å². The van der Waals surface area contributed by atoms with Gasteiger partial charge in [-0.15, -0.1) is 0 Å². The SMILES string of the molecule is CC=CC(=O)N1CC(O)CC1C(N)=O. The van der Waals surface area contributed by atoms with Crippen LogP contribution in [0.3, 0.4) is 0 Å². The molecule has 14 heavy (non-hydrogen) atoms. The van der Waals surface area contributed by atoms with Crippen molar-refractivity contribution in [2.24, 2.45) is 5.73 Å². The molecule has 78 valence electrons. The van der Waals surface area contributed by atoms with Crippen LogP contribution in [0, 0.1) is 0 Å². The minimum atomic E-state index is -0.673. The van der Waals surface area contributed by atoms with Gasteiger partial charge in [-0.05, 0) is 13.0 Å². The average molecular weight is 198 g/mol. The number of rotatable bonds is 2. The number of aliphatic hydroxyl groups excluding tert-OH is 1. The Morgan fingerprint density at radius 2 is 2.21 bits per heavy atom. The van der Waals surface area contributed by atoms with E-state index < -0.39 is 18.1 Å². The number of primary amides is 1. The highest BCUT2D eigenvalue weighted by molar-refractivity contribution is 5.93. The molecule has 0 radical (unpaired) electrons. The molecule has 0 aromatic rings. The van der Waals surface area contributed by atoms with Gasteiger partial charge in [0.1, 0.15) is 6.04 Å². The van der Waals surface area contributed by atoms with E-state index in [1.807, 2.05) is 0 Å². The van der Waals surface area contributed by atoms with Crippen LogP contribution in [-0.2, 0) is 9.59 Å². The number of allylic oxidation sites excluding steroid dienone is 1. The molecular weight excluding hydrogens is 184 g/mol. The molecule has 2 atom stereocenters. The standard InChI is InChI=1S/C9H14N2O3/c1-2-3-8(13)11-5-6(12)4-7(11)9(10)14/h2-3,6-7,12H,4-5H2,1H3,(H2,10,14). The fraction of sp³-hybridized carbons (Fsp3) is 0.556. The van der Waals surface area contributed by atoms with Gasteiger partial charge in [0.2, 0.25) is 11.8 Å². The molecule has 0 saturated carbocycles. The van der Waals surface area contributed by atoms with Crippen molar-refractivity contribution >= 4 is 11.8 Å². The third-order valence-electron chi connectivity index (χ3n) is 2.20. The maximum Gasteiger partial charge on any atom is 0.246 e. The second-order valence-electron chi connectivity index (χ2n) is 3.30. The highest BCUT2D eigenvalue weighted by atomic mass is 16.3. The fourth-order valence-electron chi connectivity index (χ4n) is 1.57. The predicted octanol–water partition coefficient (Wildman–Crippen LogP) is -0.990. The minimum Gasteiger partial charge on any atom is -0.391 e. The zero-order chi connectivity index (χ0) is 10.7. The lowest BCUT2D eigenvalue weighted by atomic mass is 10.2. The van der Waals surface area contributed by atoms with Crippen LogP contribution in [0.2, 0.25) is 0 Å². The van der Waals surface area contributed by atoms with Gasteiger partial charge in [0.25, 0.3) is 0 Å². The number of likely N-dealkylation sites (tertiary alicyclic amines) is 1. The van der Waals surface area contributed by atoms with Gasteiger partial charge in [-0.1, -0.05) is 6.08 Å². The van der Waals surface area contributed by atoms with Crippen LogP contribution < -0.4 is 5.73 Å². The Balaban J connectivity index is 2.76. The normalized spacial score (nSPS) is 27.1. The summed E-state index contributed by atoms with van der Waals surface area (Å²) in [4.78, 5) is 23.7. The van der Waals surface area contributed by atoms with E-state index >= 15 is 0 Å². The molecule has 2 amide bonds. The molecule has 0 aliphatic carbocycles. The molecule has 5 nitrogen and oxygen atoms in total. The van der Waals surface area contributed by atoms with Gasteiger partial charge in [0.05, 0.1) is 6.10 Å². The smallest absolute Gasteiger partial charge is 0.246 e. The summed E-state index contributed by atoms with van der Waals surface area (Å²) in [6.45, 7) is 1.89. The number of hydrogen-bond acceptors (Lipinski definition) is 3. The first-order valence-corrected chi connectivity index (χ1v) is 4.47. The van der Waals surface area contributed by atoms with Crippen molar-refractivity contribution < 1.29 is 14.7 Å². The number of nitrogens with two attached hydrogens (primary N) is 1. The van der Waals surface area contributed by atoms with Crippen molar-refractivity contribution in [1.82, 2.24) is 4.90 Å². The average Bonchev–Trinajstić information content (AvgIpc) is 2.48. The van der Waals surface area contributed by atoms with E-state index in [4.69, 9.17) is 5.73 Å². The maximum atomic E-state index is 11.4. The number of amides is 2. The molecular formula is C9H14N2O3. The molecule has 1 heterocycles. The van der Waals surface area contributed by atoms with Crippen LogP contribution in [0.5, 0.6) is 0 Å². The number of β-amino-alcohol motifs (C(OH)–C–C–N with tert-alkyl or cyclic N) is 1. The summed E-state index contributed by atoms with van der Waals surface area (Å²) in [6.07, 6.45) is 2.53. The molecule has 1 rings (SSSR count). The Bertz CT molecular complexity index is 275. The number of aliphatic hydroxyl groups is 1. The molecule has 3 N–H and O–H groups in total. The van der Waals surface area contributed by atoms with Crippen molar-refractivity contribution in [3.8, 4) is 0 Å². The molecule has 0 aromatic heterocycles. The van der Waals surface area contributed by atoms with Crippen LogP contribution in [0.4, 0.5) is 0 Å². The summed E-state index contributed by atoms with van der Waals surface area (Å²) in [5, 5.41) is 9.31. The van der Waals surface area contributed by atoms with Crippen LogP contribution in [0.15, 0.2) is 12.2 Å². The number of nitrogens with zero attached hydrogens (tertiary/aromatic N) is 1. The van der Waals surface area contributed by atoms with E-state index in [0.717, 1.165) is 0 Å². The molecule has 5 heteroatoms. The van der Waals surface area contributed by atoms with Gasteiger partial charge in [-0.2, -0.15) is 0 Å². The maximum absolute atomic E-state index is 11.4. The number of carbonyl (C=O) groups excluding carboxylic acids is 2. The summed E-state index contributed by atoms with van der Waals surface area (Å²) in [6, 6.07) is -0.673. The first-order valence-electron chi connectivity index (χ1n) is 4.47. The monoisotopic (exact) mass is 198 g/mol. The van der Waals surface area contributed by atoms with Gasteiger partial charge in [0.15, 0.2) is 0 Å². The minimum absolute atomic E-state index is 0.177. The van der Waals surface area contributed by atoms with Crippen LogP contribution >= 0.6 is 0 Å². The Hall–Kier alpha value is -1.36. The molecule has 0 bridgehead atoms. The van der Waals surface area contributed by atoms with Crippen molar-refractivity contribution in [1.29, 1.82) is 0 Å². The Morgan fingerprint density at radius 3 is 2.71 bits per heavy atom. The lowest BCUT2D eigenvalue weighted by Crippen LogP contribution is -2.43. The summed E-state index contributed by atoms with van der Waals surface area (Å²) in [7, 11) is 0. The first-order chi connectivity index (χ1) is 6.56. The second-order valence-corrected chi connectivity index (χ2v) is 3.30. The van der Waals surface area contributed by atoms with E-state index in [2.05, 4.69) is 0 Å². The Morgan fingerprint density at radius 1 is 1.57 bits per heavy atom. The number of carbonyl (C=O) groups is 2. The topological polar surface area (TPSA) is 83.6 Å². The van der Waals surface area contributed by atoms with Crippen LogP contribution in [0.25, 0.3) is 0 Å². The van der Waals surface area contributed by atoms with Gasteiger partial charge in [-0.25, -0.2) is 0 Å². The van der Waals surface area contributed by atoms with Crippen LogP contribution in [0.1, 0.15) is 13.3 Å². The second kappa shape index (κ2) is 4.23. The van der Waals surface area contributed by atoms with E-state index in [1.165, 1.54) is 11.0 Å². The van der Waals surface area contributed by atoms with E-state index in [1.54, 1.807) is 13.0 Å². The van der Waals surface area contributed by atoms with Gasteiger partial charge in [0, 0.05) is 13.0 Å². The lowest BCUT2D eigenvalue weighted by Gasteiger charge is -2.19. The molecule has 1 fully saturated rings. The molecule has 1 saturated heterocycles. The van der Waals surface area contributed by atoms with Gasteiger partial charge < -0.3 is 15.7 Å². The van der Waals surface area contributed by atoms with E-state index in [-0.39, 0.29) is 18.9 Å². The molecule has 2 unspecified atom stereocenters. The fourth-order valence-corrected chi connectivity index (χ4v) is 1.57. The summed E-state index contributed by atoms with van der Waals surface area (Å²) in [5.74, 6) is -0.854. The van der Waals surface area contributed by atoms with Crippen molar-refractivity contribution in [3.63, 3.8) is 0 Å². The van der Waals surface area contributed by atoms with E-state index in [0.29, 0.717) is 0 Å². The lowest BCUT2D eigenvalue weighted by molar-refractivity contribution is -0.133. The zero-order valence-electron chi connectivity index (χ0n) is 8.01. The summed E-state index contributed by atoms with van der Waals surface area (Å²) in [5.41, 5.74) is 5.12. The third-order valence-corrected chi connectivity index (χ3v) is 2.20. The molecule has 0 aromatic carbocycles. The Labute approximate surface area is 82.2 Å². The van der Waals surface area contributed by atoms with Crippen molar-refractivity contribution in [3.05, 3.63) is 12.2 Å². The summed E-state index contributed by atoms with van der Waals surface area (Å²) >= 11 is 0. The van der Waals surface area contributed by atoms with Crippen LogP contribution in [-0.4, -0.2) is 40.5 Å². The summed E-state index contributed by atoms with van der Waals surface area (Å²) < 4.78 is 0. The molecule has 1 aliphatic rings. The first kappa shape index (κ1) is 10.7. The predicted molar refractivity (Wildman–Crippen MR) is 50.1 cm³/mol. The zero-order valence-corrected chi connectivity index (χ0v) is 8.01. The molecule has 1 aliphatic heterocycles. The third kappa shape index (κ3) is 2.11. The van der Waals surface area contributed by atoms with Crippen molar-refractivity contribution in [2.75, 3.05) is 6.54 Å². The largest absolute Gasteiger partial charge is 0.391 e. The highest BCUT2D eigenvalue weighted by Crippen LogP contribution is 2.17. The van der Waals surface area contributed by atoms with Crippen molar-refractivity contribution in [2.45, 2.75) is 25.5 Å². The van der Waals surface area contributed by atoms with E-state index in [9.17, 15) is 14.7 Å². The highest BCUT2D eigenvalue weighted by Gasteiger charge is 2.36. The molecule has 0 spiro atoms. The quantitative estimate of drug-likeness (QED) is 0.559. The Kier molecular flexibility index (Phi) is 3.24. The number of hydrogen-bond donors (Lipinski definition) is 2.